The predicted molar refractivity (Wildman–Crippen MR) is 225 cm³/mol. The Labute approximate surface area is 313 Å². The molecule has 10 aromatic rings. The molecule has 54 heavy (non-hydrogen) atoms. The summed E-state index contributed by atoms with van der Waals surface area (Å²) in [6.45, 7) is 0. The second kappa shape index (κ2) is 13.4. The normalized spacial score (nSPS) is 11.3. The largest absolute Gasteiger partial charge is 0.311 e. The lowest BCUT2D eigenvalue weighted by atomic mass is 9.99. The van der Waals surface area contributed by atoms with Crippen LogP contribution < -0.4 is 4.90 Å². The van der Waals surface area contributed by atoms with Crippen LogP contribution in [-0.2, 0) is 0 Å². The Kier molecular flexibility index (Phi) is 7.77. The van der Waals surface area contributed by atoms with Crippen LogP contribution in [0.4, 0.5) is 17.1 Å². The lowest BCUT2D eigenvalue weighted by Crippen LogP contribution is -2.10. The fraction of sp³-hybridized carbons (Fsp3) is 0. The number of hydrogen-bond acceptors (Lipinski definition) is 3. The molecule has 4 heteroatoms. The molecule has 10 rings (SSSR count). The average molecular weight is 691 g/mol. The van der Waals surface area contributed by atoms with Crippen molar-refractivity contribution in [3.63, 3.8) is 0 Å². The van der Waals surface area contributed by atoms with Gasteiger partial charge in [-0.05, 0) is 83.9 Å². The van der Waals surface area contributed by atoms with E-state index in [1.165, 1.54) is 21.8 Å². The molecule has 0 atom stereocenters. The fourth-order valence-electron chi connectivity index (χ4n) is 7.60. The highest BCUT2D eigenvalue weighted by Gasteiger charge is 2.16. The molecule has 4 nitrogen and oxygen atoms in total. The zero-order valence-electron chi connectivity index (χ0n) is 29.4. The molecule has 0 radical (unpaired) electrons. The summed E-state index contributed by atoms with van der Waals surface area (Å²) in [5, 5.41) is 2.52. The van der Waals surface area contributed by atoms with E-state index in [9.17, 15) is 0 Å². The predicted octanol–water partition coefficient (Wildman–Crippen LogP) is 13.2. The summed E-state index contributed by atoms with van der Waals surface area (Å²) >= 11 is 0. The number of rotatable bonds is 7. The molecular formula is C50H34N4. The van der Waals surface area contributed by atoms with Gasteiger partial charge >= 0.3 is 0 Å². The molecule has 0 saturated heterocycles. The first kappa shape index (κ1) is 31.4. The fourth-order valence-corrected chi connectivity index (χ4v) is 7.60. The Hall–Kier alpha value is -7.30. The summed E-state index contributed by atoms with van der Waals surface area (Å²) in [5.41, 5.74) is 14.7. The highest BCUT2D eigenvalue weighted by atomic mass is 15.1. The topological polar surface area (TPSA) is 34.0 Å². The number of aromatic nitrogens is 3. The van der Waals surface area contributed by atoms with Crippen LogP contribution in [0.3, 0.4) is 0 Å². The van der Waals surface area contributed by atoms with Crippen LogP contribution in [0.25, 0.3) is 72.2 Å². The van der Waals surface area contributed by atoms with Crippen molar-refractivity contribution in [3.8, 4) is 39.3 Å². The van der Waals surface area contributed by atoms with Gasteiger partial charge in [-0.1, -0.05) is 133 Å². The first-order valence-electron chi connectivity index (χ1n) is 18.3. The molecule has 2 aromatic heterocycles. The van der Waals surface area contributed by atoms with Gasteiger partial charge in [0.1, 0.15) is 0 Å². The summed E-state index contributed by atoms with van der Waals surface area (Å²) in [7, 11) is 0. The first-order chi connectivity index (χ1) is 26.8. The van der Waals surface area contributed by atoms with Crippen molar-refractivity contribution in [2.24, 2.45) is 0 Å². The third-order valence-electron chi connectivity index (χ3n) is 10.2. The summed E-state index contributed by atoms with van der Waals surface area (Å²) in [6, 6.07) is 72.6. The maximum Gasteiger partial charge on any atom is 0.0973 e. The smallest absolute Gasteiger partial charge is 0.0973 e. The third-order valence-corrected chi connectivity index (χ3v) is 10.2. The molecule has 0 amide bonds. The van der Waals surface area contributed by atoms with Gasteiger partial charge in [0, 0.05) is 44.6 Å². The average Bonchev–Trinajstić information content (AvgIpc) is 3.59. The van der Waals surface area contributed by atoms with E-state index in [4.69, 9.17) is 9.97 Å². The van der Waals surface area contributed by atoms with Crippen LogP contribution in [0.2, 0.25) is 0 Å². The Morgan fingerprint density at radius 1 is 0.315 bits per heavy atom. The quantitative estimate of drug-likeness (QED) is 0.167. The minimum Gasteiger partial charge on any atom is -0.311 e. The summed E-state index contributed by atoms with van der Waals surface area (Å²) in [6.07, 6.45) is 0. The van der Waals surface area contributed by atoms with Crippen LogP contribution in [0, 0.1) is 0 Å². The minimum absolute atomic E-state index is 0.879. The van der Waals surface area contributed by atoms with E-state index < -0.39 is 0 Å². The number of hydrogen-bond donors (Lipinski definition) is 0. The molecule has 254 valence electrons. The molecule has 8 aromatic carbocycles. The van der Waals surface area contributed by atoms with Crippen molar-refractivity contribution >= 4 is 49.9 Å². The van der Waals surface area contributed by atoms with Crippen molar-refractivity contribution in [2.75, 3.05) is 4.90 Å². The zero-order valence-corrected chi connectivity index (χ0v) is 29.4. The van der Waals surface area contributed by atoms with Crippen molar-refractivity contribution in [1.82, 2.24) is 14.5 Å². The van der Waals surface area contributed by atoms with Crippen molar-refractivity contribution in [1.29, 1.82) is 0 Å². The van der Waals surface area contributed by atoms with Crippen LogP contribution in [-0.4, -0.2) is 14.5 Å². The molecule has 0 aliphatic rings. The van der Waals surface area contributed by atoms with Crippen LogP contribution >= 0.6 is 0 Å². The second-order valence-corrected chi connectivity index (χ2v) is 13.5. The van der Waals surface area contributed by atoms with Crippen LogP contribution in [0.1, 0.15) is 0 Å². The van der Waals surface area contributed by atoms with E-state index in [-0.39, 0.29) is 0 Å². The van der Waals surface area contributed by atoms with Crippen LogP contribution in [0.15, 0.2) is 206 Å². The van der Waals surface area contributed by atoms with Crippen molar-refractivity contribution < 1.29 is 0 Å². The number of nitrogens with zero attached hydrogens (tertiary/aromatic N) is 4. The van der Waals surface area contributed by atoms with E-state index in [0.717, 1.165) is 67.4 Å². The molecule has 0 aliphatic carbocycles. The molecule has 0 N–H and O–H groups in total. The minimum atomic E-state index is 0.879. The molecule has 0 saturated carbocycles. The van der Waals surface area contributed by atoms with Gasteiger partial charge in [0.05, 0.1) is 33.5 Å². The van der Waals surface area contributed by atoms with Gasteiger partial charge in [-0.2, -0.15) is 0 Å². The Morgan fingerprint density at radius 3 is 1.26 bits per heavy atom. The molecule has 0 unspecified atom stereocenters. The molecule has 2 heterocycles. The maximum atomic E-state index is 5.09. The van der Waals surface area contributed by atoms with Gasteiger partial charge in [-0.25, -0.2) is 9.97 Å². The first-order valence-corrected chi connectivity index (χ1v) is 18.3. The van der Waals surface area contributed by atoms with Crippen molar-refractivity contribution in [3.05, 3.63) is 206 Å². The Bertz CT molecular complexity index is 2840. The Balaban J connectivity index is 0.981. The summed E-state index contributed by atoms with van der Waals surface area (Å²) < 4.78 is 2.36. The number of para-hydroxylation sites is 5. The van der Waals surface area contributed by atoms with E-state index in [0.29, 0.717) is 0 Å². The van der Waals surface area contributed by atoms with E-state index in [1.54, 1.807) is 0 Å². The number of benzene rings is 8. The molecular weight excluding hydrogens is 657 g/mol. The Morgan fingerprint density at radius 2 is 0.704 bits per heavy atom. The van der Waals surface area contributed by atoms with Crippen LogP contribution in [0.5, 0.6) is 0 Å². The highest BCUT2D eigenvalue weighted by Crippen LogP contribution is 2.38. The lowest BCUT2D eigenvalue weighted by molar-refractivity contribution is 1.17. The monoisotopic (exact) mass is 690 g/mol. The van der Waals surface area contributed by atoms with Gasteiger partial charge in [-0.15, -0.1) is 0 Å². The summed E-state index contributed by atoms with van der Waals surface area (Å²) in [5.74, 6) is 0. The second-order valence-electron chi connectivity index (χ2n) is 13.5. The van der Waals surface area contributed by atoms with E-state index in [1.807, 2.05) is 42.5 Å². The standard InChI is InChI=1S/C50H34N4/c1-3-13-37(14-4-1)49-50(52-46-20-10-9-19-45(46)51-49)38-25-23-35(24-26-38)36-27-29-40(30-28-36)53(39-15-5-2-6-16-39)41-31-33-42(34-32-41)54-47-21-11-7-17-43(47)44-18-8-12-22-48(44)54/h1-34H. The number of fused-ring (bicyclic) bond motifs is 4. The number of anilines is 3. The molecule has 0 bridgehead atoms. The van der Waals surface area contributed by atoms with Gasteiger partial charge in [0.15, 0.2) is 0 Å². The molecule has 0 aliphatic heterocycles. The summed E-state index contributed by atoms with van der Waals surface area (Å²) in [4.78, 5) is 12.5. The van der Waals surface area contributed by atoms with Gasteiger partial charge < -0.3 is 9.47 Å². The third kappa shape index (κ3) is 5.58. The van der Waals surface area contributed by atoms with Crippen molar-refractivity contribution in [2.45, 2.75) is 0 Å². The van der Waals surface area contributed by atoms with E-state index in [2.05, 4.69) is 173 Å². The lowest BCUT2D eigenvalue weighted by Gasteiger charge is -2.26. The zero-order chi connectivity index (χ0) is 35.8. The van der Waals surface area contributed by atoms with Gasteiger partial charge in [0.2, 0.25) is 0 Å². The molecule has 0 fully saturated rings. The highest BCUT2D eigenvalue weighted by molar-refractivity contribution is 6.09. The van der Waals surface area contributed by atoms with Gasteiger partial charge in [-0.3, -0.25) is 0 Å². The van der Waals surface area contributed by atoms with Gasteiger partial charge in [0.25, 0.3) is 0 Å². The molecule has 0 spiro atoms. The maximum absolute atomic E-state index is 5.09. The SMILES string of the molecule is c1ccc(-c2nc3ccccc3nc2-c2ccc(-c3ccc(N(c4ccccc4)c4ccc(-n5c6ccccc6c6ccccc65)cc4)cc3)cc2)cc1. The van der Waals surface area contributed by atoms with E-state index >= 15 is 0 Å².